The Morgan fingerprint density at radius 1 is 1.05 bits per heavy atom. The zero-order chi connectivity index (χ0) is 26.2. The molecule has 0 spiro atoms. The summed E-state index contributed by atoms with van der Waals surface area (Å²) in [5.41, 5.74) is 4.42. The molecule has 0 aromatic heterocycles. The zero-order valence-electron chi connectivity index (χ0n) is 21.0. The Labute approximate surface area is 215 Å². The third kappa shape index (κ3) is 6.14. The van der Waals surface area contributed by atoms with Crippen molar-refractivity contribution in [3.05, 3.63) is 64.1 Å². The van der Waals surface area contributed by atoms with E-state index in [1.54, 1.807) is 11.0 Å². The van der Waals surface area contributed by atoms with Crippen molar-refractivity contribution < 1.29 is 9.59 Å². The number of nitrogens with two attached hydrogens (primary N) is 1. The van der Waals surface area contributed by atoms with Gasteiger partial charge in [0.2, 0.25) is 5.91 Å². The van der Waals surface area contributed by atoms with E-state index in [1.807, 2.05) is 54.3 Å². The fourth-order valence-electron chi connectivity index (χ4n) is 4.65. The quantitative estimate of drug-likeness (QED) is 0.242. The van der Waals surface area contributed by atoms with E-state index in [2.05, 4.69) is 20.5 Å². The molecule has 10 nitrogen and oxygen atoms in total. The van der Waals surface area contributed by atoms with E-state index in [0.29, 0.717) is 29.2 Å². The number of rotatable bonds is 8. The van der Waals surface area contributed by atoms with Gasteiger partial charge in [0.05, 0.1) is 12.2 Å². The van der Waals surface area contributed by atoms with E-state index in [-0.39, 0.29) is 31.3 Å². The Bertz CT molecular complexity index is 1250. The average molecular weight is 502 g/mol. The predicted octanol–water partition coefficient (Wildman–Crippen LogP) is 4.74. The highest BCUT2D eigenvalue weighted by Gasteiger charge is 2.23. The molecule has 1 saturated heterocycles. The van der Waals surface area contributed by atoms with Gasteiger partial charge in [0, 0.05) is 49.3 Å². The second-order valence-electron chi connectivity index (χ2n) is 9.09. The summed E-state index contributed by atoms with van der Waals surface area (Å²) < 4.78 is 0. The normalized spacial score (nSPS) is 15.1. The molecule has 0 saturated carbocycles. The minimum Gasteiger partial charge on any atom is -0.339 e. The first-order chi connectivity index (χ1) is 18.0. The van der Waals surface area contributed by atoms with Crippen LogP contribution in [0.2, 0.25) is 0 Å². The van der Waals surface area contributed by atoms with Gasteiger partial charge in [-0.25, -0.2) is 4.99 Å². The molecule has 1 fully saturated rings. The van der Waals surface area contributed by atoms with Crippen molar-refractivity contribution in [2.45, 2.75) is 32.6 Å². The molecule has 0 unspecified atom stereocenters. The molecule has 2 aliphatic rings. The van der Waals surface area contributed by atoms with Crippen LogP contribution in [0.1, 0.15) is 48.5 Å². The summed E-state index contributed by atoms with van der Waals surface area (Å²) in [5.74, 6) is 5.50. The van der Waals surface area contributed by atoms with Gasteiger partial charge in [0.25, 0.3) is 5.91 Å². The molecular weight excluding hydrogens is 470 g/mol. The van der Waals surface area contributed by atoms with Crippen molar-refractivity contribution in [3.63, 3.8) is 0 Å². The summed E-state index contributed by atoms with van der Waals surface area (Å²) in [6.45, 7) is 4.39. The Kier molecular flexibility index (Phi) is 8.50. The lowest BCUT2D eigenvalue weighted by Gasteiger charge is -2.22. The Hall–Kier alpha value is -4.21. The number of fused-ring (bicyclic) bond motifs is 1. The second kappa shape index (κ2) is 12.2. The lowest BCUT2D eigenvalue weighted by atomic mass is 9.99. The first-order valence-corrected chi connectivity index (χ1v) is 12.5. The van der Waals surface area contributed by atoms with Crippen molar-refractivity contribution in [3.8, 4) is 11.1 Å². The maximum atomic E-state index is 13.3. The lowest BCUT2D eigenvalue weighted by Crippen LogP contribution is -2.35. The maximum absolute atomic E-state index is 13.3. The van der Waals surface area contributed by atoms with E-state index in [9.17, 15) is 14.5 Å². The van der Waals surface area contributed by atoms with Gasteiger partial charge in [-0.3, -0.25) is 9.59 Å². The van der Waals surface area contributed by atoms with Crippen LogP contribution >= 0.6 is 0 Å². The van der Waals surface area contributed by atoms with Gasteiger partial charge in [-0.05, 0) is 54.7 Å². The number of carbonyl (C=O) groups excluding carboxylic acids is 2. The van der Waals surface area contributed by atoms with Crippen molar-refractivity contribution in [2.75, 3.05) is 32.7 Å². The van der Waals surface area contributed by atoms with Gasteiger partial charge < -0.3 is 15.6 Å². The molecule has 2 amide bonds. The van der Waals surface area contributed by atoms with Crippen LogP contribution in [0.4, 0.5) is 5.69 Å². The molecule has 0 atom stereocenters. The SMILES string of the molecule is CCCN(CCN=O)C(=O)C1=Cc2ccc(-c3ccc(C(=O)N4CCCC4)cc3)cc2N=C(N=NN)C1. The van der Waals surface area contributed by atoms with Gasteiger partial charge >= 0.3 is 0 Å². The molecule has 0 bridgehead atoms. The van der Waals surface area contributed by atoms with E-state index in [0.717, 1.165) is 49.0 Å². The summed E-state index contributed by atoms with van der Waals surface area (Å²) in [5, 5.41) is 10.2. The largest absolute Gasteiger partial charge is 0.339 e. The number of hydrogen-bond acceptors (Lipinski definition) is 7. The van der Waals surface area contributed by atoms with E-state index < -0.39 is 0 Å². The number of carbonyl (C=O) groups is 2. The van der Waals surface area contributed by atoms with Gasteiger partial charge in [-0.15, -0.1) is 5.11 Å². The third-order valence-electron chi connectivity index (χ3n) is 6.51. The fraction of sp³-hybridized carbons (Fsp3) is 0.370. The van der Waals surface area contributed by atoms with Crippen LogP contribution in [0.5, 0.6) is 0 Å². The third-order valence-corrected chi connectivity index (χ3v) is 6.51. The highest BCUT2D eigenvalue weighted by atomic mass is 16.3. The lowest BCUT2D eigenvalue weighted by molar-refractivity contribution is -0.127. The molecule has 4 rings (SSSR count). The van der Waals surface area contributed by atoms with Crippen LogP contribution in [0, 0.1) is 4.91 Å². The monoisotopic (exact) mass is 501 g/mol. The number of nitrogens with zero attached hydrogens (tertiary/aromatic N) is 6. The molecule has 2 aliphatic heterocycles. The highest BCUT2D eigenvalue weighted by molar-refractivity contribution is 6.06. The Morgan fingerprint density at radius 3 is 2.46 bits per heavy atom. The van der Waals surface area contributed by atoms with Gasteiger partial charge in [0.15, 0.2) is 5.84 Å². The van der Waals surface area contributed by atoms with Crippen LogP contribution in [0.25, 0.3) is 17.2 Å². The van der Waals surface area contributed by atoms with E-state index in [1.165, 1.54) is 0 Å². The standard InChI is InChI=1S/C27H31N7O3/c1-2-12-33(15-11-29-37)27(36)23-16-22-10-9-21(17-24(22)30-25(18-23)31-32-28)19-5-7-20(8-6-19)26(35)34-13-3-4-14-34/h5-10,16-17H,2-4,11-15,18H2,1H3,(H2,28,30,31). The van der Waals surface area contributed by atoms with Crippen LogP contribution in [-0.2, 0) is 4.79 Å². The predicted molar refractivity (Wildman–Crippen MR) is 143 cm³/mol. The number of nitroso groups, excluding NO2 is 1. The summed E-state index contributed by atoms with van der Waals surface area (Å²) in [6.07, 6.45) is 4.83. The van der Waals surface area contributed by atoms with E-state index >= 15 is 0 Å². The number of amidine groups is 1. The zero-order valence-corrected chi connectivity index (χ0v) is 21.0. The Balaban J connectivity index is 1.63. The van der Waals surface area contributed by atoms with Crippen molar-refractivity contribution in [1.82, 2.24) is 9.80 Å². The van der Waals surface area contributed by atoms with Crippen LogP contribution < -0.4 is 5.84 Å². The number of likely N-dealkylation sites (tertiary alicyclic amines) is 1. The molecule has 2 heterocycles. The van der Waals surface area contributed by atoms with Crippen molar-refractivity contribution in [1.29, 1.82) is 0 Å². The topological polar surface area (TPSA) is 133 Å². The average Bonchev–Trinajstić information content (AvgIpc) is 3.39. The summed E-state index contributed by atoms with van der Waals surface area (Å²) in [4.78, 5) is 44.8. The van der Waals surface area contributed by atoms with Gasteiger partial charge in [0.1, 0.15) is 0 Å². The molecule has 2 aromatic rings. The van der Waals surface area contributed by atoms with Gasteiger partial charge in [-0.1, -0.05) is 41.6 Å². The van der Waals surface area contributed by atoms with Crippen LogP contribution in [-0.4, -0.2) is 60.2 Å². The molecule has 0 aliphatic carbocycles. The Morgan fingerprint density at radius 2 is 1.78 bits per heavy atom. The summed E-state index contributed by atoms with van der Waals surface area (Å²) >= 11 is 0. The van der Waals surface area contributed by atoms with Crippen LogP contribution in [0.3, 0.4) is 0 Å². The molecule has 192 valence electrons. The number of benzene rings is 2. The van der Waals surface area contributed by atoms with Gasteiger partial charge in [-0.2, -0.15) is 4.91 Å². The minimum absolute atomic E-state index is 0.0326. The smallest absolute Gasteiger partial charge is 0.253 e. The van der Waals surface area contributed by atoms with Crippen molar-refractivity contribution in [2.24, 2.45) is 26.3 Å². The molecular formula is C27H31N7O3. The fourth-order valence-corrected chi connectivity index (χ4v) is 4.65. The number of hydrogen-bond donors (Lipinski definition) is 1. The van der Waals surface area contributed by atoms with E-state index in [4.69, 9.17) is 5.84 Å². The molecule has 10 heteroatoms. The molecule has 2 aromatic carbocycles. The summed E-state index contributed by atoms with van der Waals surface area (Å²) in [6, 6.07) is 13.4. The number of amides is 2. The van der Waals surface area contributed by atoms with Crippen LogP contribution in [0.15, 0.2) is 68.5 Å². The first kappa shape index (κ1) is 25.9. The molecule has 2 N–H and O–H groups in total. The van der Waals surface area contributed by atoms with Crippen molar-refractivity contribution >= 4 is 29.4 Å². The minimum atomic E-state index is -0.194. The summed E-state index contributed by atoms with van der Waals surface area (Å²) in [7, 11) is 0. The maximum Gasteiger partial charge on any atom is 0.253 e. The highest BCUT2D eigenvalue weighted by Crippen LogP contribution is 2.33. The second-order valence-corrected chi connectivity index (χ2v) is 9.09. The first-order valence-electron chi connectivity index (χ1n) is 12.5. The molecule has 0 radical (unpaired) electrons. The number of aliphatic imine (C=N–C) groups is 1. The molecule has 37 heavy (non-hydrogen) atoms.